The highest BCUT2D eigenvalue weighted by atomic mass is 32.2. The van der Waals surface area contributed by atoms with E-state index in [-0.39, 0.29) is 31.1 Å². The number of ketones is 1. The second-order valence-corrected chi connectivity index (χ2v) is 10.7. The first-order chi connectivity index (χ1) is 13.8. The van der Waals surface area contributed by atoms with Gasteiger partial charge < -0.3 is 5.32 Å². The maximum absolute atomic E-state index is 12.6. The zero-order valence-electron chi connectivity index (χ0n) is 16.7. The molecule has 0 bridgehead atoms. The van der Waals surface area contributed by atoms with Crippen LogP contribution in [0.15, 0.2) is 34.5 Å². The van der Waals surface area contributed by atoms with E-state index >= 15 is 0 Å². The first-order valence-electron chi connectivity index (χ1n) is 9.73. The van der Waals surface area contributed by atoms with E-state index in [1.54, 1.807) is 18.2 Å². The minimum Gasteiger partial charge on any atom is -0.351 e. The van der Waals surface area contributed by atoms with Crippen LogP contribution >= 0.6 is 11.3 Å². The highest BCUT2D eigenvalue weighted by Crippen LogP contribution is 2.27. The zero-order valence-corrected chi connectivity index (χ0v) is 18.4. The van der Waals surface area contributed by atoms with E-state index in [4.69, 9.17) is 0 Å². The number of benzene rings is 1. The average Bonchev–Trinajstić information content (AvgIpc) is 3.39. The van der Waals surface area contributed by atoms with Gasteiger partial charge in [-0.05, 0) is 56.0 Å². The van der Waals surface area contributed by atoms with E-state index in [0.29, 0.717) is 22.9 Å². The molecule has 1 aromatic heterocycles. The van der Waals surface area contributed by atoms with Crippen molar-refractivity contribution in [1.29, 1.82) is 0 Å². The van der Waals surface area contributed by atoms with Crippen molar-refractivity contribution >= 4 is 33.1 Å². The molecule has 6 nitrogen and oxygen atoms in total. The Labute approximate surface area is 176 Å². The number of nitrogens with zero attached hydrogens (tertiary/aromatic N) is 1. The lowest BCUT2D eigenvalue weighted by molar-refractivity contribution is -0.121. The summed E-state index contributed by atoms with van der Waals surface area (Å²) in [6.45, 7) is 5.35. The smallest absolute Gasteiger partial charge is 0.252 e. The molecule has 1 aliphatic heterocycles. The normalized spacial score (nSPS) is 14.8. The molecule has 1 fully saturated rings. The summed E-state index contributed by atoms with van der Waals surface area (Å²) in [6, 6.07) is 8.88. The Morgan fingerprint density at radius 2 is 1.76 bits per heavy atom. The van der Waals surface area contributed by atoms with Crippen LogP contribution in [0.1, 0.15) is 52.0 Å². The molecule has 1 aliphatic rings. The molecule has 2 aromatic rings. The molecule has 3 rings (SSSR count). The third-order valence-corrected chi connectivity index (χ3v) is 8.62. The highest BCUT2D eigenvalue weighted by Gasteiger charge is 2.28. The van der Waals surface area contributed by atoms with Gasteiger partial charge in [-0.25, -0.2) is 8.42 Å². The first kappa shape index (κ1) is 21.7. The third-order valence-electron chi connectivity index (χ3n) is 5.16. The van der Waals surface area contributed by atoms with Gasteiger partial charge in [-0.1, -0.05) is 12.1 Å². The van der Waals surface area contributed by atoms with E-state index in [1.165, 1.54) is 15.6 Å². The molecule has 0 aliphatic carbocycles. The summed E-state index contributed by atoms with van der Waals surface area (Å²) in [7, 11) is -3.42. The standard InChI is InChI=1S/C21H26N2O4S2/c1-15-5-6-17(13-16(15)2)19(24)8-9-20(25)22-14-18-7-10-21(28-18)29(26,27)23-11-3-4-12-23/h5-7,10,13H,3-4,8-9,11-12,14H2,1-2H3,(H,22,25). The van der Waals surface area contributed by atoms with Crippen molar-refractivity contribution in [3.05, 3.63) is 51.9 Å². The Bertz CT molecular complexity index is 1010. The van der Waals surface area contributed by atoms with E-state index in [9.17, 15) is 18.0 Å². The number of carbonyl (C=O) groups is 2. The summed E-state index contributed by atoms with van der Waals surface area (Å²) in [5, 5.41) is 2.77. The lowest BCUT2D eigenvalue weighted by atomic mass is 10.0. The monoisotopic (exact) mass is 434 g/mol. The molecule has 0 atom stereocenters. The number of thiophene rings is 1. The number of sulfonamides is 1. The minimum atomic E-state index is -3.42. The molecule has 1 amide bonds. The fourth-order valence-electron chi connectivity index (χ4n) is 3.21. The predicted octanol–water partition coefficient (Wildman–Crippen LogP) is 3.43. The van der Waals surface area contributed by atoms with Crippen LogP contribution in [0, 0.1) is 13.8 Å². The maximum Gasteiger partial charge on any atom is 0.252 e. The van der Waals surface area contributed by atoms with Crippen LogP contribution in [0.5, 0.6) is 0 Å². The SMILES string of the molecule is Cc1ccc(C(=O)CCC(=O)NCc2ccc(S(=O)(=O)N3CCCC3)s2)cc1C. The van der Waals surface area contributed by atoms with E-state index < -0.39 is 10.0 Å². The van der Waals surface area contributed by atoms with Crippen LogP contribution in [0.3, 0.4) is 0 Å². The lowest BCUT2D eigenvalue weighted by Crippen LogP contribution is -2.27. The number of nitrogens with one attached hydrogen (secondary N) is 1. The van der Waals surface area contributed by atoms with E-state index in [2.05, 4.69) is 5.32 Å². The molecule has 2 heterocycles. The molecule has 156 valence electrons. The number of hydrogen-bond donors (Lipinski definition) is 1. The molecule has 29 heavy (non-hydrogen) atoms. The molecular formula is C21H26N2O4S2. The van der Waals surface area contributed by atoms with Gasteiger partial charge in [0.2, 0.25) is 5.91 Å². The van der Waals surface area contributed by atoms with Crippen LogP contribution in [-0.2, 0) is 21.4 Å². The molecule has 8 heteroatoms. The third kappa shape index (κ3) is 5.32. The fourth-order valence-corrected chi connectivity index (χ4v) is 6.17. The van der Waals surface area contributed by atoms with Gasteiger partial charge in [-0.3, -0.25) is 9.59 Å². The van der Waals surface area contributed by atoms with Crippen molar-refractivity contribution in [2.45, 2.75) is 50.3 Å². The molecule has 0 radical (unpaired) electrons. The van der Waals surface area contributed by atoms with E-state index in [1.807, 2.05) is 26.0 Å². The number of carbonyl (C=O) groups excluding carboxylic acids is 2. The predicted molar refractivity (Wildman–Crippen MR) is 114 cm³/mol. The Hall–Kier alpha value is -2.03. The summed E-state index contributed by atoms with van der Waals surface area (Å²) >= 11 is 1.18. The molecule has 0 spiro atoms. The minimum absolute atomic E-state index is 0.0571. The van der Waals surface area contributed by atoms with Gasteiger partial charge in [0.15, 0.2) is 5.78 Å². The van der Waals surface area contributed by atoms with Crippen LogP contribution in [-0.4, -0.2) is 37.5 Å². The number of hydrogen-bond acceptors (Lipinski definition) is 5. The van der Waals surface area contributed by atoms with Crippen LogP contribution < -0.4 is 5.32 Å². The summed E-state index contributed by atoms with van der Waals surface area (Å²) < 4.78 is 26.9. The molecule has 0 unspecified atom stereocenters. The van der Waals surface area contributed by atoms with Crippen LogP contribution in [0.25, 0.3) is 0 Å². The van der Waals surface area contributed by atoms with Gasteiger partial charge in [-0.2, -0.15) is 4.31 Å². The van der Waals surface area contributed by atoms with Crippen LogP contribution in [0.4, 0.5) is 0 Å². The van der Waals surface area contributed by atoms with Crippen molar-refractivity contribution in [3.63, 3.8) is 0 Å². The van der Waals surface area contributed by atoms with Gasteiger partial charge in [-0.15, -0.1) is 11.3 Å². The second-order valence-electron chi connectivity index (χ2n) is 7.33. The summed E-state index contributed by atoms with van der Waals surface area (Å²) in [5.41, 5.74) is 2.80. The molecule has 1 N–H and O–H groups in total. The number of aryl methyl sites for hydroxylation is 2. The summed E-state index contributed by atoms with van der Waals surface area (Å²) in [5.74, 6) is -0.280. The highest BCUT2D eigenvalue weighted by molar-refractivity contribution is 7.91. The van der Waals surface area contributed by atoms with Crippen molar-refractivity contribution in [2.24, 2.45) is 0 Å². The molecular weight excluding hydrogens is 408 g/mol. The van der Waals surface area contributed by atoms with Gasteiger partial charge in [0, 0.05) is 36.4 Å². The maximum atomic E-state index is 12.6. The van der Waals surface area contributed by atoms with E-state index in [0.717, 1.165) is 28.8 Å². The molecule has 1 aromatic carbocycles. The molecule has 1 saturated heterocycles. The first-order valence-corrected chi connectivity index (χ1v) is 12.0. The Balaban J connectivity index is 1.49. The molecule has 0 saturated carbocycles. The number of amides is 1. The number of Topliss-reactive ketones (excluding diaryl/α,β-unsaturated/α-hetero) is 1. The Kier molecular flexibility index (Phi) is 6.87. The largest absolute Gasteiger partial charge is 0.351 e. The fraction of sp³-hybridized carbons (Fsp3) is 0.429. The summed E-state index contributed by atoms with van der Waals surface area (Å²) in [6.07, 6.45) is 2.05. The van der Waals surface area contributed by atoms with Crippen molar-refractivity contribution in [1.82, 2.24) is 9.62 Å². The van der Waals surface area contributed by atoms with Crippen molar-refractivity contribution < 1.29 is 18.0 Å². The Morgan fingerprint density at radius 1 is 1.03 bits per heavy atom. The summed E-state index contributed by atoms with van der Waals surface area (Å²) in [4.78, 5) is 25.2. The topological polar surface area (TPSA) is 83.5 Å². The van der Waals surface area contributed by atoms with Crippen molar-refractivity contribution in [2.75, 3.05) is 13.1 Å². The van der Waals surface area contributed by atoms with Crippen LogP contribution in [0.2, 0.25) is 0 Å². The van der Waals surface area contributed by atoms with Gasteiger partial charge in [0.25, 0.3) is 10.0 Å². The van der Waals surface area contributed by atoms with Crippen molar-refractivity contribution in [3.8, 4) is 0 Å². The van der Waals surface area contributed by atoms with Gasteiger partial charge >= 0.3 is 0 Å². The van der Waals surface area contributed by atoms with Gasteiger partial charge in [0.05, 0.1) is 6.54 Å². The quantitative estimate of drug-likeness (QED) is 0.645. The average molecular weight is 435 g/mol. The van der Waals surface area contributed by atoms with Gasteiger partial charge in [0.1, 0.15) is 4.21 Å². The lowest BCUT2D eigenvalue weighted by Gasteiger charge is -2.13. The second kappa shape index (κ2) is 9.19. The Morgan fingerprint density at radius 3 is 2.45 bits per heavy atom. The number of rotatable bonds is 8. The zero-order chi connectivity index (χ0) is 21.0.